The highest BCUT2D eigenvalue weighted by atomic mass is 16.5. The van der Waals surface area contributed by atoms with E-state index in [1.165, 1.54) is 0 Å². The summed E-state index contributed by atoms with van der Waals surface area (Å²) in [4.78, 5) is 13.4. The maximum Gasteiger partial charge on any atom is 0.411 e. The Kier molecular flexibility index (Phi) is 4.89. The van der Waals surface area contributed by atoms with Gasteiger partial charge in [0.05, 0.1) is 17.4 Å². The number of nitrogens with one attached hydrogen (secondary N) is 1. The van der Waals surface area contributed by atoms with E-state index >= 15 is 0 Å². The normalized spacial score (nSPS) is 28.9. The first kappa shape index (κ1) is 19.4. The molecule has 7 heteroatoms. The van der Waals surface area contributed by atoms with Crippen LogP contribution in [0.2, 0.25) is 0 Å². The van der Waals surface area contributed by atoms with E-state index in [0.717, 1.165) is 35.5 Å². The molecule has 3 N–H and O–H groups in total. The number of carbonyl (C=O) groups is 1. The predicted molar refractivity (Wildman–Crippen MR) is 110 cm³/mol. The van der Waals surface area contributed by atoms with Gasteiger partial charge in [0, 0.05) is 37.5 Å². The molecule has 1 saturated heterocycles. The third kappa shape index (κ3) is 3.76. The quantitative estimate of drug-likeness (QED) is 0.702. The van der Waals surface area contributed by atoms with Gasteiger partial charge in [0.2, 0.25) is 0 Å². The molecule has 2 heterocycles. The first-order chi connectivity index (χ1) is 14.5. The Morgan fingerprint density at radius 3 is 2.90 bits per heavy atom. The van der Waals surface area contributed by atoms with Crippen molar-refractivity contribution >= 4 is 11.8 Å². The van der Waals surface area contributed by atoms with Gasteiger partial charge in [-0.15, -0.1) is 0 Å². The van der Waals surface area contributed by atoms with Crippen molar-refractivity contribution in [2.24, 2.45) is 5.92 Å². The van der Waals surface area contributed by atoms with E-state index in [1.807, 2.05) is 42.5 Å². The van der Waals surface area contributed by atoms with Crippen molar-refractivity contribution in [1.82, 2.24) is 4.90 Å². The number of fused-ring (bicyclic) bond motifs is 2. The number of nitrogens with zero attached hydrogens (tertiary/aromatic N) is 1. The smallest absolute Gasteiger partial charge is 0.411 e. The molecule has 1 amide bonds. The highest BCUT2D eigenvalue weighted by Crippen LogP contribution is 2.43. The molecular formula is C23H26N2O5. The minimum atomic E-state index is -0.771. The fourth-order valence-corrected chi connectivity index (χ4v) is 5.00. The first-order valence-corrected chi connectivity index (χ1v) is 10.4. The fraction of sp³-hybridized carbons (Fsp3) is 0.435. The number of β-amino-alcohol motifs (C(OH)–C–C–N with tert-alkyl or cyclic N) is 2. The highest BCUT2D eigenvalue weighted by molar-refractivity contribution is 5.87. The molecule has 158 valence electrons. The largest absolute Gasteiger partial charge is 0.490 e. The van der Waals surface area contributed by atoms with Gasteiger partial charge in [0.15, 0.2) is 0 Å². The van der Waals surface area contributed by atoms with E-state index in [0.29, 0.717) is 19.5 Å². The van der Waals surface area contributed by atoms with Gasteiger partial charge in [-0.2, -0.15) is 0 Å². The number of aliphatic hydroxyl groups is 2. The molecule has 0 unspecified atom stereocenters. The Labute approximate surface area is 175 Å². The van der Waals surface area contributed by atoms with Crippen molar-refractivity contribution in [3.8, 4) is 5.75 Å². The van der Waals surface area contributed by atoms with E-state index in [1.54, 1.807) is 6.07 Å². The van der Waals surface area contributed by atoms with E-state index in [4.69, 9.17) is 9.47 Å². The molecule has 3 aliphatic rings. The number of aliphatic hydroxyl groups excluding tert-OH is 1. The summed E-state index contributed by atoms with van der Waals surface area (Å²) in [5, 5.41) is 24.6. The standard InChI is InChI=1S/C23H26N2O5/c26-21(15-6-7-20-16(8-15)13-29-22(27)24-20)12-25-11-17-9-19(10-23(17,28)14-25)30-18-4-2-1-3-5-18/h1-8,17,19,21,26,28H,9-14H2,(H,24,27)/t17-,19+,21-,23-/m1/s1. The average molecular weight is 410 g/mol. The number of hydrogen-bond donors (Lipinski definition) is 3. The van der Waals surface area contributed by atoms with Gasteiger partial charge < -0.3 is 19.7 Å². The maximum atomic E-state index is 11.3. The Hall–Kier alpha value is -2.61. The minimum Gasteiger partial charge on any atom is -0.490 e. The predicted octanol–water partition coefficient (Wildman–Crippen LogP) is 2.69. The van der Waals surface area contributed by atoms with Crippen LogP contribution in [0.3, 0.4) is 0 Å². The summed E-state index contributed by atoms with van der Waals surface area (Å²) in [6.45, 7) is 1.94. The number of carbonyl (C=O) groups excluding carboxylic acids is 1. The summed E-state index contributed by atoms with van der Waals surface area (Å²) in [5.41, 5.74) is 1.58. The van der Waals surface area contributed by atoms with Crippen LogP contribution in [0.15, 0.2) is 48.5 Å². The number of cyclic esters (lactones) is 1. The molecule has 30 heavy (non-hydrogen) atoms. The van der Waals surface area contributed by atoms with Gasteiger partial charge in [-0.25, -0.2) is 4.79 Å². The van der Waals surface area contributed by atoms with E-state index in [9.17, 15) is 15.0 Å². The van der Waals surface area contributed by atoms with Crippen LogP contribution in [0.4, 0.5) is 10.5 Å². The summed E-state index contributed by atoms with van der Waals surface area (Å²) in [6.07, 6.45) is 0.308. The zero-order valence-electron chi connectivity index (χ0n) is 16.7. The first-order valence-electron chi connectivity index (χ1n) is 10.4. The second kappa shape index (κ2) is 7.58. The number of benzene rings is 2. The zero-order valence-corrected chi connectivity index (χ0v) is 16.7. The number of hydrogen-bond acceptors (Lipinski definition) is 6. The molecule has 0 radical (unpaired) electrons. The number of para-hydroxylation sites is 1. The molecule has 2 aromatic rings. The van der Waals surface area contributed by atoms with E-state index < -0.39 is 17.8 Å². The Balaban J connectivity index is 1.19. The summed E-state index contributed by atoms with van der Waals surface area (Å²) in [7, 11) is 0. The summed E-state index contributed by atoms with van der Waals surface area (Å²) in [6, 6.07) is 15.2. The van der Waals surface area contributed by atoms with Gasteiger partial charge in [-0.3, -0.25) is 10.2 Å². The molecule has 7 nitrogen and oxygen atoms in total. The number of anilines is 1. The zero-order chi connectivity index (χ0) is 20.7. The van der Waals surface area contributed by atoms with Crippen molar-refractivity contribution in [1.29, 1.82) is 0 Å². The Morgan fingerprint density at radius 1 is 1.27 bits per heavy atom. The fourth-order valence-electron chi connectivity index (χ4n) is 5.00. The Bertz CT molecular complexity index is 936. The van der Waals surface area contributed by atoms with Gasteiger partial charge >= 0.3 is 6.09 Å². The topological polar surface area (TPSA) is 91.3 Å². The third-order valence-electron chi connectivity index (χ3n) is 6.45. The third-order valence-corrected chi connectivity index (χ3v) is 6.45. The van der Waals surface area contributed by atoms with Crippen LogP contribution < -0.4 is 10.1 Å². The molecule has 1 saturated carbocycles. The lowest BCUT2D eigenvalue weighted by atomic mass is 9.95. The molecule has 2 fully saturated rings. The van der Waals surface area contributed by atoms with Gasteiger partial charge in [0.1, 0.15) is 18.5 Å². The van der Waals surface area contributed by atoms with Crippen molar-refractivity contribution in [3.05, 3.63) is 59.7 Å². The van der Waals surface area contributed by atoms with E-state index in [-0.39, 0.29) is 18.6 Å². The second-order valence-electron chi connectivity index (χ2n) is 8.62. The molecule has 4 atom stereocenters. The van der Waals surface area contributed by atoms with Crippen molar-refractivity contribution in [2.75, 3.05) is 25.0 Å². The Morgan fingerprint density at radius 2 is 2.10 bits per heavy atom. The molecule has 2 aromatic carbocycles. The van der Waals surface area contributed by atoms with Crippen LogP contribution >= 0.6 is 0 Å². The van der Waals surface area contributed by atoms with Crippen molar-refractivity contribution < 1.29 is 24.5 Å². The van der Waals surface area contributed by atoms with Crippen molar-refractivity contribution in [3.63, 3.8) is 0 Å². The molecular weight excluding hydrogens is 384 g/mol. The molecule has 0 aromatic heterocycles. The second-order valence-corrected chi connectivity index (χ2v) is 8.62. The van der Waals surface area contributed by atoms with Gasteiger partial charge in [-0.1, -0.05) is 24.3 Å². The number of amides is 1. The van der Waals surface area contributed by atoms with Crippen LogP contribution in [-0.2, 0) is 11.3 Å². The number of likely N-dealkylation sites (tertiary alicyclic amines) is 1. The monoisotopic (exact) mass is 410 g/mol. The molecule has 0 bridgehead atoms. The summed E-state index contributed by atoms with van der Waals surface area (Å²) in [5.74, 6) is 0.983. The number of rotatable bonds is 5. The number of ether oxygens (including phenoxy) is 2. The van der Waals surface area contributed by atoms with Crippen LogP contribution in [0.5, 0.6) is 5.75 Å². The molecule has 1 aliphatic carbocycles. The van der Waals surface area contributed by atoms with Crippen molar-refractivity contribution in [2.45, 2.75) is 37.3 Å². The molecule has 2 aliphatic heterocycles. The lowest BCUT2D eigenvalue weighted by Crippen LogP contribution is -2.36. The summed E-state index contributed by atoms with van der Waals surface area (Å²) >= 11 is 0. The lowest BCUT2D eigenvalue weighted by Gasteiger charge is -2.25. The minimum absolute atomic E-state index is 0.0188. The van der Waals surface area contributed by atoms with Gasteiger partial charge in [-0.05, 0) is 36.2 Å². The average Bonchev–Trinajstić information content (AvgIpc) is 3.18. The van der Waals surface area contributed by atoms with Gasteiger partial charge in [0.25, 0.3) is 0 Å². The van der Waals surface area contributed by atoms with Crippen LogP contribution in [0.1, 0.15) is 30.1 Å². The maximum absolute atomic E-state index is 11.3. The van der Waals surface area contributed by atoms with E-state index in [2.05, 4.69) is 10.2 Å². The van der Waals surface area contributed by atoms with Crippen LogP contribution in [-0.4, -0.2) is 52.5 Å². The van der Waals surface area contributed by atoms with Crippen LogP contribution in [0, 0.1) is 5.92 Å². The highest BCUT2D eigenvalue weighted by Gasteiger charge is 2.52. The molecule has 0 spiro atoms. The molecule has 5 rings (SSSR count). The lowest BCUT2D eigenvalue weighted by molar-refractivity contribution is 0.0178. The van der Waals surface area contributed by atoms with Crippen LogP contribution in [0.25, 0.3) is 0 Å². The SMILES string of the molecule is O=C1Nc2ccc([C@H](O)CN3C[C@H]4C[C@H](Oc5ccccc5)C[C@@]4(O)C3)cc2CO1. The summed E-state index contributed by atoms with van der Waals surface area (Å²) < 4.78 is 11.1.